The second-order valence-electron chi connectivity index (χ2n) is 7.21. The van der Waals surface area contributed by atoms with Crippen molar-refractivity contribution >= 4 is 23.1 Å². The third-order valence-electron chi connectivity index (χ3n) is 5.44. The fourth-order valence-corrected chi connectivity index (χ4v) is 3.88. The summed E-state index contributed by atoms with van der Waals surface area (Å²) in [7, 11) is 0. The monoisotopic (exact) mass is 392 g/mol. The van der Waals surface area contributed by atoms with Crippen LogP contribution in [0, 0.1) is 0 Å². The predicted molar refractivity (Wildman–Crippen MR) is 110 cm³/mol. The summed E-state index contributed by atoms with van der Waals surface area (Å²) in [5.41, 5.74) is 8.79. The van der Waals surface area contributed by atoms with Gasteiger partial charge in [0.2, 0.25) is 0 Å². The number of primary amides is 1. The number of amides is 2. The van der Waals surface area contributed by atoms with Crippen molar-refractivity contribution in [1.82, 2.24) is 19.9 Å². The van der Waals surface area contributed by atoms with Crippen molar-refractivity contribution in [3.8, 4) is 0 Å². The van der Waals surface area contributed by atoms with Gasteiger partial charge >= 0.3 is 0 Å². The Balaban J connectivity index is 1.44. The maximum absolute atomic E-state index is 12.8. The lowest BCUT2D eigenvalue weighted by atomic mass is 10.0. The van der Waals surface area contributed by atoms with E-state index < -0.39 is 5.91 Å². The normalized spacial score (nSPS) is 14.9. The van der Waals surface area contributed by atoms with Crippen LogP contribution >= 0.6 is 0 Å². The molecule has 0 aliphatic carbocycles. The number of hydrogen-bond donors (Lipinski definition) is 2. The molecule has 0 unspecified atom stereocenters. The van der Waals surface area contributed by atoms with Crippen LogP contribution in [-0.4, -0.2) is 45.5 Å². The molecule has 0 bridgehead atoms. The minimum Gasteiger partial charge on any atom is -0.371 e. The molecule has 2 aromatic heterocycles. The molecule has 1 aromatic carbocycles. The van der Waals surface area contributed by atoms with E-state index in [-0.39, 0.29) is 23.2 Å². The number of nitrogens with two attached hydrogens (primary N) is 1. The number of carbonyl (C=O) groups excluding carboxylic acids is 2. The fraction of sp³-hybridized carbons (Fsp3) is 0.333. The summed E-state index contributed by atoms with van der Waals surface area (Å²) in [6, 6.07) is 10.2. The van der Waals surface area contributed by atoms with Crippen LogP contribution in [0.1, 0.15) is 46.2 Å². The number of fused-ring (bicyclic) bond motifs is 1. The van der Waals surface area contributed by atoms with Crippen molar-refractivity contribution in [2.75, 3.05) is 18.0 Å². The number of aryl methyl sites for hydroxylation is 1. The number of hydrogen-bond acceptors (Lipinski definition) is 5. The highest BCUT2D eigenvalue weighted by molar-refractivity contribution is 5.99. The Hall–Kier alpha value is -3.42. The van der Waals surface area contributed by atoms with Gasteiger partial charge in [0, 0.05) is 31.0 Å². The molecule has 1 aliphatic rings. The first-order chi connectivity index (χ1) is 14.1. The zero-order valence-electron chi connectivity index (χ0n) is 16.3. The first-order valence-electron chi connectivity index (χ1n) is 9.84. The number of piperidine rings is 1. The molecule has 1 aliphatic heterocycles. The van der Waals surface area contributed by atoms with Crippen LogP contribution in [0.2, 0.25) is 0 Å². The number of carbonyl (C=O) groups is 2. The average Bonchev–Trinajstić information content (AvgIpc) is 3.19. The molecule has 1 fully saturated rings. The third kappa shape index (κ3) is 3.65. The van der Waals surface area contributed by atoms with Crippen molar-refractivity contribution in [2.24, 2.45) is 5.73 Å². The fourth-order valence-electron chi connectivity index (χ4n) is 3.88. The van der Waals surface area contributed by atoms with Crippen molar-refractivity contribution in [3.63, 3.8) is 0 Å². The predicted octanol–water partition coefficient (Wildman–Crippen LogP) is 1.79. The summed E-state index contributed by atoms with van der Waals surface area (Å²) in [5, 5.41) is 7.21. The molecule has 0 radical (unpaired) electrons. The van der Waals surface area contributed by atoms with E-state index in [2.05, 4.69) is 51.5 Å². The summed E-state index contributed by atoms with van der Waals surface area (Å²) in [4.78, 5) is 30.8. The number of nitrogens with one attached hydrogen (secondary N) is 1. The molecule has 3 heterocycles. The van der Waals surface area contributed by atoms with Crippen LogP contribution in [0.3, 0.4) is 0 Å². The number of aromatic nitrogens is 3. The maximum atomic E-state index is 12.8. The highest BCUT2D eigenvalue weighted by Crippen LogP contribution is 2.24. The minimum absolute atomic E-state index is 0.0851. The van der Waals surface area contributed by atoms with Gasteiger partial charge in [-0.15, -0.1) is 0 Å². The smallest absolute Gasteiger partial charge is 0.270 e. The molecule has 8 heteroatoms. The van der Waals surface area contributed by atoms with Gasteiger partial charge in [-0.2, -0.15) is 5.10 Å². The van der Waals surface area contributed by atoms with E-state index in [1.807, 2.05) is 0 Å². The second kappa shape index (κ2) is 7.90. The van der Waals surface area contributed by atoms with Gasteiger partial charge in [0.15, 0.2) is 5.65 Å². The third-order valence-corrected chi connectivity index (χ3v) is 5.44. The molecule has 29 heavy (non-hydrogen) atoms. The standard InChI is InChI=1S/C21H24N6O2/c1-2-14-5-3-4-6-17(14)26-11-8-15(9-12-26)25-21(29)18-7-10-23-20-16(19(22)28)13-24-27(18)20/h3-7,10,13,15H,2,8-9,11-12H2,1H3,(H2,22,28)(H,25,29). The van der Waals surface area contributed by atoms with Crippen molar-refractivity contribution < 1.29 is 9.59 Å². The van der Waals surface area contributed by atoms with E-state index in [0.717, 1.165) is 32.4 Å². The molecule has 0 atom stereocenters. The van der Waals surface area contributed by atoms with E-state index in [1.54, 1.807) is 6.07 Å². The van der Waals surface area contributed by atoms with Gasteiger partial charge in [-0.25, -0.2) is 9.50 Å². The van der Waals surface area contributed by atoms with Crippen LogP contribution in [0.4, 0.5) is 5.69 Å². The van der Waals surface area contributed by atoms with Crippen molar-refractivity contribution in [2.45, 2.75) is 32.2 Å². The number of para-hydroxylation sites is 1. The second-order valence-corrected chi connectivity index (χ2v) is 7.21. The summed E-state index contributed by atoms with van der Waals surface area (Å²) < 4.78 is 1.36. The van der Waals surface area contributed by atoms with Crippen LogP contribution in [0.5, 0.6) is 0 Å². The molecule has 8 nitrogen and oxygen atoms in total. The number of anilines is 1. The highest BCUT2D eigenvalue weighted by atomic mass is 16.2. The van der Waals surface area contributed by atoms with Gasteiger partial charge in [-0.3, -0.25) is 9.59 Å². The molecule has 3 aromatic rings. The lowest BCUT2D eigenvalue weighted by Gasteiger charge is -2.35. The Labute approximate surface area is 168 Å². The Kier molecular flexibility index (Phi) is 5.16. The Morgan fingerprint density at radius 2 is 1.97 bits per heavy atom. The van der Waals surface area contributed by atoms with E-state index in [0.29, 0.717) is 5.69 Å². The molecule has 150 valence electrons. The van der Waals surface area contributed by atoms with Gasteiger partial charge in [0.25, 0.3) is 11.8 Å². The van der Waals surface area contributed by atoms with Crippen LogP contribution in [0.25, 0.3) is 5.65 Å². The Morgan fingerprint density at radius 1 is 1.21 bits per heavy atom. The van der Waals surface area contributed by atoms with Crippen LogP contribution in [0.15, 0.2) is 42.7 Å². The lowest BCUT2D eigenvalue weighted by Crippen LogP contribution is -2.45. The number of benzene rings is 1. The SMILES string of the molecule is CCc1ccccc1N1CCC(NC(=O)c2ccnc3c(C(N)=O)cnn23)CC1. The molecular formula is C21H24N6O2. The summed E-state index contributed by atoms with van der Waals surface area (Å²) in [6.45, 7) is 3.95. The average molecular weight is 392 g/mol. The Bertz CT molecular complexity index is 1050. The zero-order valence-corrected chi connectivity index (χ0v) is 16.3. The van der Waals surface area contributed by atoms with Crippen molar-refractivity contribution in [1.29, 1.82) is 0 Å². The van der Waals surface area contributed by atoms with Gasteiger partial charge < -0.3 is 16.0 Å². The van der Waals surface area contributed by atoms with E-state index in [4.69, 9.17) is 5.73 Å². The van der Waals surface area contributed by atoms with Gasteiger partial charge in [0.05, 0.1) is 6.20 Å². The molecule has 2 amide bonds. The summed E-state index contributed by atoms with van der Waals surface area (Å²) in [6.07, 6.45) is 5.56. The van der Waals surface area contributed by atoms with Crippen molar-refractivity contribution in [3.05, 3.63) is 59.5 Å². The molecule has 4 rings (SSSR count). The van der Waals surface area contributed by atoms with Gasteiger partial charge in [-0.1, -0.05) is 25.1 Å². The van der Waals surface area contributed by atoms with Gasteiger partial charge in [0.1, 0.15) is 11.3 Å². The van der Waals surface area contributed by atoms with E-state index in [1.165, 1.54) is 28.2 Å². The Morgan fingerprint density at radius 3 is 2.69 bits per heavy atom. The maximum Gasteiger partial charge on any atom is 0.270 e. The molecule has 3 N–H and O–H groups in total. The largest absolute Gasteiger partial charge is 0.371 e. The molecule has 0 saturated carbocycles. The highest BCUT2D eigenvalue weighted by Gasteiger charge is 2.24. The zero-order chi connectivity index (χ0) is 20.4. The van der Waals surface area contributed by atoms with E-state index >= 15 is 0 Å². The first kappa shape index (κ1) is 18.9. The molecular weight excluding hydrogens is 368 g/mol. The lowest BCUT2D eigenvalue weighted by molar-refractivity contribution is 0.0922. The first-order valence-corrected chi connectivity index (χ1v) is 9.84. The molecule has 1 saturated heterocycles. The number of rotatable bonds is 5. The summed E-state index contributed by atoms with van der Waals surface area (Å²) >= 11 is 0. The topological polar surface area (TPSA) is 106 Å². The minimum atomic E-state index is -0.621. The summed E-state index contributed by atoms with van der Waals surface area (Å²) in [5.74, 6) is -0.853. The number of nitrogens with zero attached hydrogens (tertiary/aromatic N) is 4. The molecule has 0 spiro atoms. The van der Waals surface area contributed by atoms with Crippen LogP contribution < -0.4 is 16.0 Å². The van der Waals surface area contributed by atoms with E-state index in [9.17, 15) is 9.59 Å². The van der Waals surface area contributed by atoms with Crippen LogP contribution in [-0.2, 0) is 6.42 Å². The van der Waals surface area contributed by atoms with Gasteiger partial charge in [-0.05, 0) is 37.0 Å². The quantitative estimate of drug-likeness (QED) is 0.689.